The van der Waals surface area contributed by atoms with Crippen molar-refractivity contribution in [3.05, 3.63) is 76.1 Å². The van der Waals surface area contributed by atoms with Crippen molar-refractivity contribution in [2.24, 2.45) is 0 Å². The quantitative estimate of drug-likeness (QED) is 0.420. The summed E-state index contributed by atoms with van der Waals surface area (Å²) in [6.07, 6.45) is 2.39. The standard InChI is InChI=1S/C21H16ClF2N9O/c22-13-7-9-31-16(13)18(34)32(12-4-2-1-3-5-12)17(29-31)14-10-21(23,24)11-30(14)20-28-19(25)27-15-6-8-26-33(15)20/h1-9,14H,10-11H2,(H2,25,27)/t14-/m0/s1. The van der Waals surface area contributed by atoms with E-state index >= 15 is 0 Å². The molecule has 5 heterocycles. The van der Waals surface area contributed by atoms with E-state index in [0.717, 1.165) is 0 Å². The summed E-state index contributed by atoms with van der Waals surface area (Å²) in [5, 5.41) is 8.94. The average Bonchev–Trinajstić information content (AvgIpc) is 3.50. The Balaban J connectivity index is 1.64. The first kappa shape index (κ1) is 20.5. The summed E-state index contributed by atoms with van der Waals surface area (Å²) in [6.45, 7) is -0.668. The van der Waals surface area contributed by atoms with Gasteiger partial charge in [0.25, 0.3) is 11.5 Å². The SMILES string of the molecule is Nc1nc(N2CC(F)(F)C[C@H]2c2nn3ccc(Cl)c3c(=O)n2-c2ccccc2)n2nccc2n1. The van der Waals surface area contributed by atoms with Crippen LogP contribution >= 0.6 is 11.6 Å². The molecule has 1 aliphatic heterocycles. The lowest BCUT2D eigenvalue weighted by molar-refractivity contribution is 0.0218. The van der Waals surface area contributed by atoms with E-state index in [4.69, 9.17) is 17.3 Å². The van der Waals surface area contributed by atoms with Crippen molar-refractivity contribution in [3.63, 3.8) is 0 Å². The summed E-state index contributed by atoms with van der Waals surface area (Å²) in [4.78, 5) is 23.2. The van der Waals surface area contributed by atoms with Crippen molar-refractivity contribution in [1.82, 2.24) is 33.8 Å². The molecule has 0 bridgehead atoms. The summed E-state index contributed by atoms with van der Waals surface area (Å²) in [5.41, 5.74) is 6.35. The average molecular weight is 484 g/mol. The van der Waals surface area contributed by atoms with E-state index in [9.17, 15) is 13.6 Å². The number of hydrogen-bond acceptors (Lipinski definition) is 7. The Morgan fingerprint density at radius 3 is 2.71 bits per heavy atom. The normalized spacial score (nSPS) is 17.7. The van der Waals surface area contributed by atoms with Gasteiger partial charge in [0.05, 0.1) is 29.5 Å². The van der Waals surface area contributed by atoms with Crippen LogP contribution in [0.2, 0.25) is 5.02 Å². The van der Waals surface area contributed by atoms with E-state index in [-0.39, 0.29) is 28.3 Å². The maximum absolute atomic E-state index is 14.9. The number of nitrogens with two attached hydrogens (primary N) is 1. The predicted octanol–water partition coefficient (Wildman–Crippen LogP) is 2.75. The van der Waals surface area contributed by atoms with E-state index < -0.39 is 30.5 Å². The van der Waals surface area contributed by atoms with Crippen molar-refractivity contribution in [1.29, 1.82) is 0 Å². The summed E-state index contributed by atoms with van der Waals surface area (Å²) in [6, 6.07) is 10.8. The molecule has 1 aromatic carbocycles. The molecule has 4 aromatic heterocycles. The Kier molecular flexibility index (Phi) is 4.36. The highest BCUT2D eigenvalue weighted by molar-refractivity contribution is 6.33. The van der Waals surface area contributed by atoms with Crippen LogP contribution in [0.15, 0.2) is 59.7 Å². The summed E-state index contributed by atoms with van der Waals surface area (Å²) < 4.78 is 33.8. The third kappa shape index (κ3) is 3.10. The van der Waals surface area contributed by atoms with Gasteiger partial charge in [-0.05, 0) is 18.2 Å². The smallest absolute Gasteiger partial charge is 0.284 e. The van der Waals surface area contributed by atoms with E-state index in [2.05, 4.69) is 20.2 Å². The Bertz CT molecular complexity index is 1610. The van der Waals surface area contributed by atoms with Crippen LogP contribution in [0.3, 0.4) is 0 Å². The summed E-state index contributed by atoms with van der Waals surface area (Å²) in [7, 11) is 0. The zero-order valence-electron chi connectivity index (χ0n) is 17.4. The first-order valence-corrected chi connectivity index (χ1v) is 10.7. The lowest BCUT2D eigenvalue weighted by Gasteiger charge is -2.26. The maximum Gasteiger partial charge on any atom is 0.284 e. The molecule has 1 fully saturated rings. The number of fused-ring (bicyclic) bond motifs is 2. The number of anilines is 2. The molecule has 0 radical (unpaired) electrons. The van der Waals surface area contributed by atoms with Crippen LogP contribution in [-0.2, 0) is 0 Å². The van der Waals surface area contributed by atoms with Crippen LogP contribution in [0.4, 0.5) is 20.7 Å². The minimum atomic E-state index is -3.09. The minimum Gasteiger partial charge on any atom is -0.368 e. The van der Waals surface area contributed by atoms with Crippen molar-refractivity contribution in [2.45, 2.75) is 18.4 Å². The third-order valence-corrected chi connectivity index (χ3v) is 6.06. The predicted molar refractivity (Wildman–Crippen MR) is 121 cm³/mol. The van der Waals surface area contributed by atoms with Gasteiger partial charge in [0.2, 0.25) is 11.9 Å². The molecule has 10 nitrogen and oxygen atoms in total. The van der Waals surface area contributed by atoms with Gasteiger partial charge in [0.15, 0.2) is 11.5 Å². The molecule has 1 aliphatic rings. The molecule has 0 spiro atoms. The number of nitrogen functional groups attached to an aromatic ring is 1. The van der Waals surface area contributed by atoms with Gasteiger partial charge in [-0.3, -0.25) is 9.36 Å². The number of alkyl halides is 2. The molecular weight excluding hydrogens is 468 g/mol. The zero-order valence-corrected chi connectivity index (χ0v) is 18.1. The molecule has 1 atom stereocenters. The lowest BCUT2D eigenvalue weighted by atomic mass is 10.1. The highest BCUT2D eigenvalue weighted by Gasteiger charge is 2.49. The molecule has 1 saturated heterocycles. The van der Waals surface area contributed by atoms with Crippen molar-refractivity contribution in [2.75, 3.05) is 17.2 Å². The van der Waals surface area contributed by atoms with Gasteiger partial charge in [0.1, 0.15) is 5.52 Å². The van der Waals surface area contributed by atoms with E-state index in [1.54, 1.807) is 36.4 Å². The number of halogens is 3. The third-order valence-electron chi connectivity index (χ3n) is 5.76. The largest absolute Gasteiger partial charge is 0.368 e. The van der Waals surface area contributed by atoms with Crippen LogP contribution in [-0.4, -0.2) is 46.2 Å². The number of nitrogens with zero attached hydrogens (tertiary/aromatic N) is 8. The maximum atomic E-state index is 14.9. The van der Waals surface area contributed by atoms with Gasteiger partial charge in [-0.1, -0.05) is 29.8 Å². The highest BCUT2D eigenvalue weighted by Crippen LogP contribution is 2.42. The molecule has 172 valence electrons. The second-order valence-electron chi connectivity index (χ2n) is 7.98. The van der Waals surface area contributed by atoms with E-state index in [0.29, 0.717) is 11.3 Å². The van der Waals surface area contributed by atoms with Gasteiger partial charge >= 0.3 is 0 Å². The van der Waals surface area contributed by atoms with Crippen LogP contribution < -0.4 is 16.2 Å². The topological polar surface area (TPSA) is 112 Å². The minimum absolute atomic E-state index is 0.0779. The molecular formula is C21H16ClF2N9O. The molecule has 5 aromatic rings. The van der Waals surface area contributed by atoms with Crippen molar-refractivity contribution < 1.29 is 8.78 Å². The summed E-state index contributed by atoms with van der Waals surface area (Å²) in [5.74, 6) is -3.00. The Morgan fingerprint density at radius 2 is 1.91 bits per heavy atom. The number of para-hydroxylation sites is 1. The van der Waals surface area contributed by atoms with Crippen molar-refractivity contribution >= 4 is 34.7 Å². The molecule has 0 aliphatic carbocycles. The van der Waals surface area contributed by atoms with E-state index in [1.807, 2.05) is 0 Å². The van der Waals surface area contributed by atoms with Crippen LogP contribution in [0, 0.1) is 0 Å². The summed E-state index contributed by atoms with van der Waals surface area (Å²) >= 11 is 6.24. The molecule has 0 amide bonds. The first-order valence-electron chi connectivity index (χ1n) is 10.3. The zero-order chi connectivity index (χ0) is 23.6. The fraction of sp³-hybridized carbons (Fsp3) is 0.190. The molecule has 34 heavy (non-hydrogen) atoms. The first-order chi connectivity index (χ1) is 16.3. The van der Waals surface area contributed by atoms with Gasteiger partial charge in [-0.2, -0.15) is 24.7 Å². The molecule has 6 rings (SSSR count). The second-order valence-corrected chi connectivity index (χ2v) is 8.39. The number of rotatable bonds is 3. The number of aromatic nitrogens is 7. The molecule has 0 unspecified atom stereocenters. The van der Waals surface area contributed by atoms with Crippen LogP contribution in [0.25, 0.3) is 16.9 Å². The second kappa shape index (κ2) is 7.22. The lowest BCUT2D eigenvalue weighted by Crippen LogP contribution is -2.34. The van der Waals surface area contributed by atoms with Gasteiger partial charge in [-0.25, -0.2) is 13.3 Å². The van der Waals surface area contributed by atoms with Gasteiger partial charge < -0.3 is 10.6 Å². The Labute approximate surface area is 194 Å². The fourth-order valence-electron chi connectivity index (χ4n) is 4.36. The van der Waals surface area contributed by atoms with Crippen LogP contribution in [0.1, 0.15) is 18.3 Å². The van der Waals surface area contributed by atoms with Crippen LogP contribution in [0.5, 0.6) is 0 Å². The highest BCUT2D eigenvalue weighted by atomic mass is 35.5. The molecule has 0 saturated carbocycles. The van der Waals surface area contributed by atoms with Gasteiger partial charge in [0, 0.05) is 18.7 Å². The fourth-order valence-corrected chi connectivity index (χ4v) is 4.58. The van der Waals surface area contributed by atoms with Gasteiger partial charge in [-0.15, -0.1) is 0 Å². The molecule has 2 N–H and O–H groups in total. The van der Waals surface area contributed by atoms with Crippen molar-refractivity contribution in [3.8, 4) is 5.69 Å². The number of benzene rings is 1. The van der Waals surface area contributed by atoms with E-state index in [1.165, 1.54) is 37.0 Å². The Hall–Kier alpha value is -4.06. The monoisotopic (exact) mass is 483 g/mol. The Morgan fingerprint density at radius 1 is 1.12 bits per heavy atom. The molecule has 13 heteroatoms. The number of hydrogen-bond donors (Lipinski definition) is 1.